The van der Waals surface area contributed by atoms with Gasteiger partial charge in [0, 0.05) is 30.2 Å². The Morgan fingerprint density at radius 3 is 2.21 bits per heavy atom. The van der Waals surface area contributed by atoms with E-state index in [4.69, 9.17) is 0 Å². The van der Waals surface area contributed by atoms with Crippen molar-refractivity contribution in [2.24, 2.45) is 5.92 Å². The number of nitrogens with one attached hydrogen (secondary N) is 2. The average Bonchev–Trinajstić information content (AvgIpc) is 2.80. The van der Waals surface area contributed by atoms with Gasteiger partial charge in [-0.2, -0.15) is 0 Å². The van der Waals surface area contributed by atoms with Crippen LogP contribution in [0.4, 0.5) is 0 Å². The van der Waals surface area contributed by atoms with Crippen molar-refractivity contribution in [3.63, 3.8) is 0 Å². The molecule has 0 saturated heterocycles. The van der Waals surface area contributed by atoms with Gasteiger partial charge < -0.3 is 15.7 Å². The Morgan fingerprint density at radius 1 is 1.00 bits per heavy atom. The molecule has 0 aliphatic heterocycles. The van der Waals surface area contributed by atoms with E-state index in [0.29, 0.717) is 18.7 Å². The van der Waals surface area contributed by atoms with Crippen molar-refractivity contribution in [3.8, 4) is 0 Å². The molecular formula is C28H37N3O3. The molecule has 0 bridgehead atoms. The number of carbonyl (C=O) groups is 2. The maximum atomic E-state index is 12.7. The average molecular weight is 464 g/mol. The number of aliphatic carboxylic acids is 1. The number of carboxylic acid groups (broad SMARTS) is 1. The van der Waals surface area contributed by atoms with Crippen LogP contribution in [0.5, 0.6) is 0 Å². The minimum Gasteiger partial charge on any atom is -0.481 e. The summed E-state index contributed by atoms with van der Waals surface area (Å²) >= 11 is 0. The number of hydrogen-bond acceptors (Lipinski definition) is 4. The number of aryl methyl sites for hydroxylation is 1. The zero-order chi connectivity index (χ0) is 25.1. The van der Waals surface area contributed by atoms with E-state index < -0.39 is 5.97 Å². The number of benzene rings is 2. The summed E-state index contributed by atoms with van der Waals surface area (Å²) in [6, 6.07) is 16.9. The molecule has 3 rings (SSSR count). The molecule has 6 nitrogen and oxygen atoms in total. The van der Waals surface area contributed by atoms with Crippen LogP contribution in [-0.2, 0) is 4.79 Å². The number of carboxylic acids is 1. The summed E-state index contributed by atoms with van der Waals surface area (Å²) in [6.45, 7) is 10.9. The first kappa shape index (κ1) is 27.0. The van der Waals surface area contributed by atoms with E-state index in [1.165, 1.54) is 0 Å². The molecule has 2 aromatic carbocycles. The first-order chi connectivity index (χ1) is 16.2. The van der Waals surface area contributed by atoms with Crippen LogP contribution in [0.3, 0.4) is 0 Å². The van der Waals surface area contributed by atoms with Crippen molar-refractivity contribution >= 4 is 22.6 Å². The third-order valence-electron chi connectivity index (χ3n) is 5.16. The van der Waals surface area contributed by atoms with E-state index >= 15 is 0 Å². The molecule has 0 radical (unpaired) electrons. The highest BCUT2D eigenvalue weighted by molar-refractivity contribution is 5.96. The summed E-state index contributed by atoms with van der Waals surface area (Å²) in [5, 5.41) is 17.5. The summed E-state index contributed by atoms with van der Waals surface area (Å²) in [4.78, 5) is 28.3. The van der Waals surface area contributed by atoms with Crippen LogP contribution in [-0.4, -0.2) is 34.6 Å². The Hall–Kier alpha value is -3.25. The van der Waals surface area contributed by atoms with E-state index in [2.05, 4.69) is 36.4 Å². The summed E-state index contributed by atoms with van der Waals surface area (Å²) < 4.78 is 0. The summed E-state index contributed by atoms with van der Waals surface area (Å²) in [7, 11) is 0. The summed E-state index contributed by atoms with van der Waals surface area (Å²) in [5.74, 6) is -0.273. The lowest BCUT2D eigenvalue weighted by atomic mass is 10.0. The van der Waals surface area contributed by atoms with E-state index in [-0.39, 0.29) is 24.4 Å². The van der Waals surface area contributed by atoms with Crippen LogP contribution in [0.2, 0.25) is 0 Å². The fraction of sp³-hybridized carbons (Fsp3) is 0.393. The first-order valence-corrected chi connectivity index (χ1v) is 11.9. The zero-order valence-electron chi connectivity index (χ0n) is 20.8. The molecule has 0 fully saturated rings. The fourth-order valence-electron chi connectivity index (χ4n) is 3.33. The highest BCUT2D eigenvalue weighted by atomic mass is 16.4. The van der Waals surface area contributed by atoms with Crippen molar-refractivity contribution in [2.45, 2.75) is 59.5 Å². The van der Waals surface area contributed by atoms with Gasteiger partial charge in [-0.25, -0.2) is 0 Å². The van der Waals surface area contributed by atoms with Crippen LogP contribution < -0.4 is 10.6 Å². The molecule has 34 heavy (non-hydrogen) atoms. The fourth-order valence-corrected chi connectivity index (χ4v) is 3.33. The lowest BCUT2D eigenvalue weighted by molar-refractivity contribution is -0.137. The molecule has 3 N–H and O–H groups in total. The van der Waals surface area contributed by atoms with Gasteiger partial charge in [-0.1, -0.05) is 81.8 Å². The van der Waals surface area contributed by atoms with E-state index in [1.807, 2.05) is 62.4 Å². The second kappa shape index (κ2) is 13.5. The number of aromatic nitrogens is 1. The molecular weight excluding hydrogens is 426 g/mol. The number of amides is 1. The summed E-state index contributed by atoms with van der Waals surface area (Å²) in [6.07, 6.45) is 2.38. The number of fused-ring (bicyclic) bond motifs is 1. The highest BCUT2D eigenvalue weighted by Gasteiger charge is 2.19. The molecule has 0 spiro atoms. The van der Waals surface area contributed by atoms with E-state index in [1.54, 1.807) is 12.3 Å². The Labute approximate surface area is 202 Å². The van der Waals surface area contributed by atoms with Crippen LogP contribution in [0.1, 0.15) is 68.2 Å². The second-order valence-electron chi connectivity index (χ2n) is 9.20. The number of carbonyl (C=O) groups excluding carboxylic acids is 1. The molecule has 1 aromatic heterocycles. The first-order valence-electron chi connectivity index (χ1n) is 11.9. The van der Waals surface area contributed by atoms with Gasteiger partial charge in [-0.15, -0.1) is 0 Å². The highest BCUT2D eigenvalue weighted by Crippen LogP contribution is 2.18. The maximum Gasteiger partial charge on any atom is 0.305 e. The molecule has 0 aliphatic rings. The predicted octanol–water partition coefficient (Wildman–Crippen LogP) is 5.52. The molecule has 0 aliphatic carbocycles. The van der Waals surface area contributed by atoms with Crippen molar-refractivity contribution < 1.29 is 14.7 Å². The normalized spacial score (nSPS) is 12.5. The second-order valence-corrected chi connectivity index (χ2v) is 9.20. The number of hydrogen-bond donors (Lipinski definition) is 3. The smallest absolute Gasteiger partial charge is 0.305 e. The minimum atomic E-state index is -0.870. The number of pyridine rings is 1. The SMILES string of the molecule is CC(C)C.CC[C@@H](CNC(CC(=O)O)c1ccc(C)cc1)NC(=O)c1cc2ccccc2cn1. The maximum absolute atomic E-state index is 12.7. The van der Waals surface area contributed by atoms with Gasteiger partial charge in [0.1, 0.15) is 5.69 Å². The largest absolute Gasteiger partial charge is 0.481 e. The molecule has 0 saturated carbocycles. The quantitative estimate of drug-likeness (QED) is 0.389. The molecule has 1 heterocycles. The lowest BCUT2D eigenvalue weighted by Gasteiger charge is -2.23. The minimum absolute atomic E-state index is 0.0281. The lowest BCUT2D eigenvalue weighted by Crippen LogP contribution is -2.43. The monoisotopic (exact) mass is 463 g/mol. The summed E-state index contributed by atoms with van der Waals surface area (Å²) in [5.41, 5.74) is 2.41. The van der Waals surface area contributed by atoms with Crippen LogP contribution >= 0.6 is 0 Å². The van der Waals surface area contributed by atoms with Gasteiger partial charge in [0.05, 0.1) is 6.42 Å². The van der Waals surface area contributed by atoms with Crippen LogP contribution in [0, 0.1) is 12.8 Å². The van der Waals surface area contributed by atoms with Gasteiger partial charge >= 0.3 is 5.97 Å². The zero-order valence-corrected chi connectivity index (χ0v) is 20.8. The number of nitrogens with zero attached hydrogens (tertiary/aromatic N) is 1. The van der Waals surface area contributed by atoms with E-state index in [9.17, 15) is 14.7 Å². The molecule has 1 amide bonds. The molecule has 3 aromatic rings. The molecule has 2 atom stereocenters. The Kier molecular flexibility index (Phi) is 10.7. The predicted molar refractivity (Wildman–Crippen MR) is 138 cm³/mol. The van der Waals surface area contributed by atoms with Gasteiger partial charge in [0.15, 0.2) is 0 Å². The van der Waals surface area contributed by atoms with Crippen LogP contribution in [0.15, 0.2) is 60.8 Å². The standard InChI is InChI=1S/C24H27N3O3.C4H10/c1-3-20(15-26-21(13-23(28)29)17-10-8-16(2)9-11-17)27-24(30)22-12-18-6-4-5-7-19(18)14-25-22;1-4(2)3/h4-12,14,20-21,26H,3,13,15H2,1-2H3,(H,27,30)(H,28,29);4H,1-3H3/t20-,21?;/m0./s1. The van der Waals surface area contributed by atoms with Crippen molar-refractivity contribution in [1.29, 1.82) is 0 Å². The van der Waals surface area contributed by atoms with Gasteiger partial charge in [0.25, 0.3) is 5.91 Å². The Balaban J connectivity index is 0.000000945. The Morgan fingerprint density at radius 2 is 1.62 bits per heavy atom. The van der Waals surface area contributed by atoms with Gasteiger partial charge in [0.2, 0.25) is 0 Å². The molecule has 182 valence electrons. The van der Waals surface area contributed by atoms with Crippen molar-refractivity contribution in [3.05, 3.63) is 77.6 Å². The third kappa shape index (κ3) is 8.94. The van der Waals surface area contributed by atoms with Gasteiger partial charge in [-0.3, -0.25) is 14.6 Å². The topological polar surface area (TPSA) is 91.3 Å². The number of rotatable bonds is 9. The Bertz CT molecular complexity index is 1060. The third-order valence-corrected chi connectivity index (χ3v) is 5.16. The van der Waals surface area contributed by atoms with Crippen molar-refractivity contribution in [2.75, 3.05) is 6.54 Å². The van der Waals surface area contributed by atoms with E-state index in [0.717, 1.165) is 27.8 Å². The van der Waals surface area contributed by atoms with Crippen LogP contribution in [0.25, 0.3) is 10.8 Å². The molecule has 6 heteroatoms. The van der Waals surface area contributed by atoms with Crippen molar-refractivity contribution in [1.82, 2.24) is 15.6 Å². The molecule has 1 unspecified atom stereocenters. The van der Waals surface area contributed by atoms with Gasteiger partial charge in [-0.05, 0) is 36.3 Å².